The van der Waals surface area contributed by atoms with Crippen LogP contribution in [0.4, 0.5) is 4.39 Å². The summed E-state index contributed by atoms with van der Waals surface area (Å²) in [6.07, 6.45) is 0.719. The van der Waals surface area contributed by atoms with E-state index in [9.17, 15) is 9.18 Å². The van der Waals surface area contributed by atoms with Crippen molar-refractivity contribution in [1.82, 2.24) is 15.0 Å². The molecule has 0 aliphatic carbocycles. The third-order valence-electron chi connectivity index (χ3n) is 4.40. The SMILES string of the molecule is O=C(c1ccccc1F)N1CCC(c2nc(-c3ccccc3)no2)C1. The van der Waals surface area contributed by atoms with Gasteiger partial charge in [-0.2, -0.15) is 4.98 Å². The molecule has 1 aromatic heterocycles. The van der Waals surface area contributed by atoms with E-state index in [2.05, 4.69) is 10.1 Å². The lowest BCUT2D eigenvalue weighted by Crippen LogP contribution is -2.29. The zero-order valence-electron chi connectivity index (χ0n) is 13.4. The normalized spacial score (nSPS) is 17.0. The number of nitrogens with zero attached hydrogens (tertiary/aromatic N) is 3. The Hall–Kier alpha value is -3.02. The largest absolute Gasteiger partial charge is 0.339 e. The quantitative estimate of drug-likeness (QED) is 0.734. The van der Waals surface area contributed by atoms with Crippen molar-refractivity contribution in [2.45, 2.75) is 12.3 Å². The minimum Gasteiger partial charge on any atom is -0.339 e. The monoisotopic (exact) mass is 337 g/mol. The Morgan fingerprint density at radius 1 is 1.12 bits per heavy atom. The van der Waals surface area contributed by atoms with E-state index in [1.165, 1.54) is 12.1 Å². The van der Waals surface area contributed by atoms with Gasteiger partial charge in [0.05, 0.1) is 11.5 Å². The third-order valence-corrected chi connectivity index (χ3v) is 4.40. The fourth-order valence-electron chi connectivity index (χ4n) is 3.06. The predicted molar refractivity (Wildman–Crippen MR) is 89.4 cm³/mol. The lowest BCUT2D eigenvalue weighted by Gasteiger charge is -2.16. The van der Waals surface area contributed by atoms with Crippen molar-refractivity contribution >= 4 is 5.91 Å². The van der Waals surface area contributed by atoms with Crippen molar-refractivity contribution in [2.75, 3.05) is 13.1 Å². The second kappa shape index (κ2) is 6.47. The molecule has 3 aromatic rings. The Bertz CT molecular complexity index is 894. The highest BCUT2D eigenvalue weighted by molar-refractivity contribution is 5.94. The molecule has 1 fully saturated rings. The first-order valence-electron chi connectivity index (χ1n) is 8.15. The zero-order chi connectivity index (χ0) is 17.2. The summed E-state index contributed by atoms with van der Waals surface area (Å²) in [5, 5.41) is 4.02. The van der Waals surface area contributed by atoms with Gasteiger partial charge in [0, 0.05) is 18.7 Å². The van der Waals surface area contributed by atoms with Crippen molar-refractivity contribution in [3.8, 4) is 11.4 Å². The maximum absolute atomic E-state index is 13.8. The van der Waals surface area contributed by atoms with Crippen molar-refractivity contribution in [2.24, 2.45) is 0 Å². The molecule has 2 aromatic carbocycles. The lowest BCUT2D eigenvalue weighted by atomic mass is 10.1. The summed E-state index contributed by atoms with van der Waals surface area (Å²) in [4.78, 5) is 18.6. The van der Waals surface area contributed by atoms with Crippen LogP contribution < -0.4 is 0 Å². The number of carbonyl (C=O) groups excluding carboxylic acids is 1. The molecule has 25 heavy (non-hydrogen) atoms. The average Bonchev–Trinajstić information content (AvgIpc) is 3.32. The predicted octanol–water partition coefficient (Wildman–Crippen LogP) is 3.51. The Balaban J connectivity index is 1.49. The molecule has 0 bridgehead atoms. The topological polar surface area (TPSA) is 59.2 Å². The fraction of sp³-hybridized carbons (Fsp3) is 0.211. The number of carbonyl (C=O) groups is 1. The van der Waals surface area contributed by atoms with Crippen LogP contribution in [0.15, 0.2) is 59.1 Å². The molecular weight excluding hydrogens is 321 g/mol. The second-order valence-corrected chi connectivity index (χ2v) is 6.04. The smallest absolute Gasteiger partial charge is 0.256 e. The van der Waals surface area contributed by atoms with E-state index in [1.807, 2.05) is 30.3 Å². The number of rotatable bonds is 3. The number of aromatic nitrogens is 2. The van der Waals surface area contributed by atoms with Crippen LogP contribution in [0.1, 0.15) is 28.6 Å². The van der Waals surface area contributed by atoms with Gasteiger partial charge in [0.25, 0.3) is 5.91 Å². The highest BCUT2D eigenvalue weighted by atomic mass is 19.1. The van der Waals surface area contributed by atoms with Crippen molar-refractivity contribution in [3.63, 3.8) is 0 Å². The molecule has 0 radical (unpaired) electrons. The summed E-state index contributed by atoms with van der Waals surface area (Å²) < 4.78 is 19.2. The minimum atomic E-state index is -0.500. The molecule has 1 saturated heterocycles. The number of likely N-dealkylation sites (tertiary alicyclic amines) is 1. The Morgan fingerprint density at radius 2 is 1.88 bits per heavy atom. The molecule has 1 aliphatic rings. The number of halogens is 1. The summed E-state index contributed by atoms with van der Waals surface area (Å²) in [5.41, 5.74) is 0.980. The molecule has 0 spiro atoms. The molecule has 2 heterocycles. The highest BCUT2D eigenvalue weighted by Crippen LogP contribution is 2.29. The zero-order valence-corrected chi connectivity index (χ0v) is 13.4. The van der Waals surface area contributed by atoms with Crippen molar-refractivity contribution < 1.29 is 13.7 Å². The number of amides is 1. The maximum Gasteiger partial charge on any atom is 0.256 e. The van der Waals surface area contributed by atoms with E-state index in [1.54, 1.807) is 17.0 Å². The average molecular weight is 337 g/mol. The number of hydrogen-bond acceptors (Lipinski definition) is 4. The van der Waals surface area contributed by atoms with Crippen LogP contribution in [-0.4, -0.2) is 34.0 Å². The number of hydrogen-bond donors (Lipinski definition) is 0. The molecule has 0 N–H and O–H groups in total. The van der Waals surface area contributed by atoms with Gasteiger partial charge in [-0.1, -0.05) is 47.6 Å². The van der Waals surface area contributed by atoms with E-state index >= 15 is 0 Å². The molecule has 1 unspecified atom stereocenters. The van der Waals surface area contributed by atoms with E-state index in [-0.39, 0.29) is 17.4 Å². The molecule has 0 saturated carbocycles. The summed E-state index contributed by atoms with van der Waals surface area (Å²) in [6.45, 7) is 0.991. The summed E-state index contributed by atoms with van der Waals surface area (Å²) in [6, 6.07) is 15.6. The van der Waals surface area contributed by atoms with Gasteiger partial charge in [0.15, 0.2) is 0 Å². The third kappa shape index (κ3) is 3.03. The van der Waals surface area contributed by atoms with Crippen molar-refractivity contribution in [1.29, 1.82) is 0 Å². The molecule has 5 nitrogen and oxygen atoms in total. The van der Waals surface area contributed by atoms with Crippen LogP contribution in [0.2, 0.25) is 0 Å². The van der Waals surface area contributed by atoms with Crippen LogP contribution >= 0.6 is 0 Å². The Kier molecular flexibility index (Phi) is 4.01. The minimum absolute atomic E-state index is 0.0271. The Morgan fingerprint density at radius 3 is 2.68 bits per heavy atom. The van der Waals surface area contributed by atoms with Crippen LogP contribution in [0, 0.1) is 5.82 Å². The first kappa shape index (κ1) is 15.5. The maximum atomic E-state index is 13.8. The first-order valence-corrected chi connectivity index (χ1v) is 8.15. The van der Waals surface area contributed by atoms with Gasteiger partial charge in [0.1, 0.15) is 5.82 Å². The molecule has 4 rings (SSSR count). The first-order chi connectivity index (χ1) is 12.2. The molecule has 1 amide bonds. The molecule has 6 heteroatoms. The molecule has 1 atom stereocenters. The van der Waals surface area contributed by atoms with E-state index in [0.29, 0.717) is 24.8 Å². The highest BCUT2D eigenvalue weighted by Gasteiger charge is 2.32. The van der Waals surface area contributed by atoms with E-state index in [0.717, 1.165) is 12.0 Å². The van der Waals surface area contributed by atoms with Crippen LogP contribution in [0.25, 0.3) is 11.4 Å². The van der Waals surface area contributed by atoms with Crippen molar-refractivity contribution in [3.05, 3.63) is 71.9 Å². The molecule has 1 aliphatic heterocycles. The van der Waals surface area contributed by atoms with Crippen LogP contribution in [0.5, 0.6) is 0 Å². The van der Waals surface area contributed by atoms with Gasteiger partial charge in [-0.25, -0.2) is 4.39 Å². The molecule has 126 valence electrons. The van der Waals surface area contributed by atoms with Gasteiger partial charge in [-0.3, -0.25) is 4.79 Å². The summed E-state index contributed by atoms with van der Waals surface area (Å²) in [7, 11) is 0. The lowest BCUT2D eigenvalue weighted by molar-refractivity contribution is 0.0785. The van der Waals surface area contributed by atoms with Crippen LogP contribution in [-0.2, 0) is 0 Å². The summed E-state index contributed by atoms with van der Waals surface area (Å²) >= 11 is 0. The van der Waals surface area contributed by atoms with Gasteiger partial charge < -0.3 is 9.42 Å². The second-order valence-electron chi connectivity index (χ2n) is 6.04. The van der Waals surface area contributed by atoms with Crippen LogP contribution in [0.3, 0.4) is 0 Å². The van der Waals surface area contributed by atoms with E-state index in [4.69, 9.17) is 4.52 Å². The fourth-order valence-corrected chi connectivity index (χ4v) is 3.06. The summed E-state index contributed by atoms with van der Waals surface area (Å²) in [5.74, 6) is 0.223. The van der Waals surface area contributed by atoms with E-state index < -0.39 is 5.82 Å². The van der Waals surface area contributed by atoms with Gasteiger partial charge in [-0.05, 0) is 18.6 Å². The standard InChI is InChI=1S/C19H16FN3O2/c20-16-9-5-4-8-15(16)19(24)23-11-10-14(12-23)18-21-17(22-25-18)13-6-2-1-3-7-13/h1-9,14H,10-12H2. The number of benzene rings is 2. The molecular formula is C19H16FN3O2. The van der Waals surface area contributed by atoms with Gasteiger partial charge in [-0.15, -0.1) is 0 Å². The Labute approximate surface area is 144 Å². The van der Waals surface area contributed by atoms with Gasteiger partial charge >= 0.3 is 0 Å². The van der Waals surface area contributed by atoms with Gasteiger partial charge in [0.2, 0.25) is 11.7 Å².